The predicted molar refractivity (Wildman–Crippen MR) is 256 cm³/mol. The molecule has 0 aliphatic carbocycles. The molecule has 4 N–H and O–H groups in total. The van der Waals surface area contributed by atoms with Crippen LogP contribution < -0.4 is 9.47 Å². The van der Waals surface area contributed by atoms with E-state index in [1.54, 1.807) is 12.1 Å². The van der Waals surface area contributed by atoms with E-state index in [9.17, 15) is 5.11 Å². The summed E-state index contributed by atoms with van der Waals surface area (Å²) in [6.45, 7) is 14.5. The highest BCUT2D eigenvalue weighted by atomic mass is 16.5. The van der Waals surface area contributed by atoms with Crippen LogP contribution in [0.5, 0.6) is 23.0 Å². The molecule has 0 unspecified atom stereocenters. The third-order valence-corrected chi connectivity index (χ3v) is 11.7. The molecule has 5 heterocycles. The minimum Gasteiger partial charge on any atom is -0.507 e. The highest BCUT2D eigenvalue weighted by Crippen LogP contribution is 2.46. The Bertz CT molecular complexity index is 3350. The number of H-pyrrole nitrogens is 2. The van der Waals surface area contributed by atoms with Gasteiger partial charge in [-0.25, -0.2) is 29.9 Å². The van der Waals surface area contributed by atoms with Gasteiger partial charge < -0.3 is 39.1 Å². The smallest absolute Gasteiger partial charge is 0.164 e. The number of fused-ring (bicyclic) bond motifs is 20. The van der Waals surface area contributed by atoms with Gasteiger partial charge in [0.05, 0.1) is 43.8 Å². The van der Waals surface area contributed by atoms with Gasteiger partial charge in [-0.15, -0.1) is 0 Å². The first kappa shape index (κ1) is 42.7. The first-order chi connectivity index (χ1) is 31.9. The summed E-state index contributed by atoms with van der Waals surface area (Å²) >= 11 is 0. The van der Waals surface area contributed by atoms with Gasteiger partial charge >= 0.3 is 0 Å². The van der Waals surface area contributed by atoms with E-state index in [1.165, 1.54) is 0 Å². The molecule has 3 aromatic heterocycles. The molecule has 0 fully saturated rings. The molecule has 2 aliphatic rings. The van der Waals surface area contributed by atoms with Crippen molar-refractivity contribution in [3.63, 3.8) is 0 Å². The van der Waals surface area contributed by atoms with Crippen molar-refractivity contribution in [1.82, 2.24) is 39.9 Å². The fraction of sp³-hybridized carbons (Fsp3) is 0.269. The zero-order chi connectivity index (χ0) is 45.7. The summed E-state index contributed by atoms with van der Waals surface area (Å²) in [7, 11) is 0. The third-order valence-electron chi connectivity index (χ3n) is 11.7. The number of nitrogens with zero attached hydrogens (tertiary/aromatic N) is 6. The summed E-state index contributed by atoms with van der Waals surface area (Å²) in [6, 6.07) is 31.1. The van der Waals surface area contributed by atoms with Crippen LogP contribution in [0.15, 0.2) is 97.1 Å². The Hall–Kier alpha value is -7.26. The molecule has 5 aromatic carbocycles. The van der Waals surface area contributed by atoms with Crippen molar-refractivity contribution in [2.75, 3.05) is 39.6 Å². The van der Waals surface area contributed by atoms with Crippen LogP contribution in [-0.2, 0) is 20.3 Å². The average molecular weight is 883 g/mol. The van der Waals surface area contributed by atoms with Gasteiger partial charge in [0.2, 0.25) is 0 Å². The van der Waals surface area contributed by atoms with Crippen molar-refractivity contribution in [2.24, 2.45) is 0 Å². The van der Waals surface area contributed by atoms with Crippen LogP contribution in [0.3, 0.4) is 0 Å². The quantitative estimate of drug-likeness (QED) is 0.0902. The second-order valence-corrected chi connectivity index (χ2v) is 18.3. The number of aliphatic hydroxyl groups excluding tert-OH is 1. The largest absolute Gasteiger partial charge is 0.507 e. The zero-order valence-electron chi connectivity index (χ0n) is 37.7. The van der Waals surface area contributed by atoms with Crippen LogP contribution in [0.2, 0.25) is 0 Å². The van der Waals surface area contributed by atoms with Gasteiger partial charge in [0.25, 0.3) is 0 Å². The van der Waals surface area contributed by atoms with Crippen molar-refractivity contribution in [3.05, 3.63) is 108 Å². The van der Waals surface area contributed by atoms with Gasteiger partial charge in [0.15, 0.2) is 23.3 Å². The number of aromatic nitrogens is 8. The van der Waals surface area contributed by atoms with Gasteiger partial charge in [-0.3, -0.25) is 0 Å². The van der Waals surface area contributed by atoms with Crippen LogP contribution in [0.1, 0.15) is 52.7 Å². The molecule has 66 heavy (non-hydrogen) atoms. The lowest BCUT2D eigenvalue weighted by atomic mass is 9.81. The summed E-state index contributed by atoms with van der Waals surface area (Å²) in [5.41, 5.74) is 6.26. The molecule has 0 spiro atoms. The topological polar surface area (TPSA) is 186 Å². The van der Waals surface area contributed by atoms with Crippen LogP contribution >= 0.6 is 0 Å². The first-order valence-electron chi connectivity index (χ1n) is 22.1. The van der Waals surface area contributed by atoms with Gasteiger partial charge in [-0.2, -0.15) is 0 Å². The summed E-state index contributed by atoms with van der Waals surface area (Å²) in [6.07, 6.45) is 0. The second-order valence-electron chi connectivity index (χ2n) is 18.3. The Morgan fingerprint density at radius 2 is 0.909 bits per heavy atom. The molecule has 2 aliphatic heterocycles. The Labute approximate surface area is 380 Å². The van der Waals surface area contributed by atoms with E-state index in [1.807, 2.05) is 72.8 Å². The monoisotopic (exact) mass is 882 g/mol. The predicted octanol–water partition coefficient (Wildman–Crippen LogP) is 10.4. The molecule has 10 rings (SSSR count). The molecule has 8 bridgehead atoms. The maximum absolute atomic E-state index is 11.8. The van der Waals surface area contributed by atoms with E-state index >= 15 is 0 Å². The maximum Gasteiger partial charge on any atom is 0.164 e. The van der Waals surface area contributed by atoms with Gasteiger partial charge in [-0.05, 0) is 35.1 Å². The van der Waals surface area contributed by atoms with Crippen molar-refractivity contribution in [2.45, 2.75) is 52.4 Å². The molecule has 14 nitrogen and oxygen atoms in total. The van der Waals surface area contributed by atoms with E-state index in [-0.39, 0.29) is 29.8 Å². The molecule has 0 atom stereocenters. The number of benzene rings is 5. The molecule has 0 radical (unpaired) electrons. The molecule has 0 amide bonds. The fourth-order valence-corrected chi connectivity index (χ4v) is 8.46. The van der Waals surface area contributed by atoms with Crippen molar-refractivity contribution in [3.8, 4) is 68.5 Å². The maximum atomic E-state index is 11.8. The first-order valence-corrected chi connectivity index (χ1v) is 22.1. The number of ether oxygens (including phenoxy) is 4. The summed E-state index contributed by atoms with van der Waals surface area (Å²) in [4.78, 5) is 37.6. The normalized spacial score (nSPS) is 12.4. The number of aromatic hydroxyl groups is 1. The summed E-state index contributed by atoms with van der Waals surface area (Å²) in [5.74, 6) is 3.58. The van der Waals surface area contributed by atoms with Crippen LogP contribution in [0.25, 0.3) is 89.7 Å². The van der Waals surface area contributed by atoms with Crippen molar-refractivity contribution >= 4 is 44.1 Å². The standard InChI is InChI=1S/C52H50N8O6/c1-51(2,3)35-28-40(36(52(4,5)6)27-39(35)65-26-25-64-24-23-63-22-21-61)66-38-20-19-37(62)41-42(38)50-59-48-34-18-12-10-16-32(34)46(57-48)55-44-30-14-8-7-13-29(30)43(53-44)54-45-31-15-9-11-17-33(31)47(56-45)58-49(41)60-50/h7-20,27-28,61-62H,21-26H2,1-6H3,(H2,53,54,55,56,57,58,59,60). The van der Waals surface area contributed by atoms with Gasteiger partial charge in [0.1, 0.15) is 52.2 Å². The second kappa shape index (κ2) is 16.9. The Morgan fingerprint density at radius 3 is 1.44 bits per heavy atom. The average Bonchev–Trinajstić information content (AvgIpc) is 4.04. The van der Waals surface area contributed by atoms with Gasteiger partial charge in [-0.1, -0.05) is 114 Å². The highest BCUT2D eigenvalue weighted by molar-refractivity contribution is 6.12. The molecule has 334 valence electrons. The lowest BCUT2D eigenvalue weighted by Gasteiger charge is -2.29. The number of rotatable bonds is 11. The molecule has 14 heteroatoms. The van der Waals surface area contributed by atoms with E-state index in [0.717, 1.165) is 49.9 Å². The Balaban J connectivity index is 1.19. The molecule has 0 saturated carbocycles. The van der Waals surface area contributed by atoms with Crippen molar-refractivity contribution in [1.29, 1.82) is 0 Å². The van der Waals surface area contributed by atoms with E-state index in [2.05, 4.69) is 63.6 Å². The minimum atomic E-state index is -0.383. The summed E-state index contributed by atoms with van der Waals surface area (Å²) in [5, 5.41) is 23.5. The number of phenolic OH excluding ortho intramolecular Hbond substituents is 1. The Kier molecular flexibility index (Phi) is 11.0. The highest BCUT2D eigenvalue weighted by Gasteiger charge is 2.29. The van der Waals surface area contributed by atoms with Crippen molar-refractivity contribution < 1.29 is 29.2 Å². The van der Waals surface area contributed by atoms with E-state index in [0.29, 0.717) is 94.6 Å². The van der Waals surface area contributed by atoms with E-state index in [4.69, 9.17) is 54.0 Å². The number of nitrogens with one attached hydrogen (secondary N) is 2. The lowest BCUT2D eigenvalue weighted by molar-refractivity contribution is 0.0245. The van der Waals surface area contributed by atoms with Crippen LogP contribution in [-0.4, -0.2) is 89.7 Å². The number of hydrogen-bond acceptors (Lipinski definition) is 12. The Morgan fingerprint density at radius 1 is 0.470 bits per heavy atom. The van der Waals surface area contributed by atoms with Crippen LogP contribution in [0, 0.1) is 0 Å². The number of aromatic amines is 2. The number of phenols is 1. The third kappa shape index (κ3) is 7.97. The molecular formula is C52H50N8O6. The summed E-state index contributed by atoms with van der Waals surface area (Å²) < 4.78 is 24.6. The molecular weight excluding hydrogens is 833 g/mol. The number of hydrogen-bond donors (Lipinski definition) is 4. The van der Waals surface area contributed by atoms with E-state index < -0.39 is 0 Å². The molecule has 0 saturated heterocycles. The van der Waals surface area contributed by atoms with Crippen LogP contribution in [0.4, 0.5) is 0 Å². The van der Waals surface area contributed by atoms with Gasteiger partial charge in [0, 0.05) is 44.2 Å². The minimum absolute atomic E-state index is 0.0223. The zero-order valence-corrected chi connectivity index (χ0v) is 37.7. The fourth-order valence-electron chi connectivity index (χ4n) is 8.46. The number of aliphatic hydroxyl groups is 1. The SMILES string of the molecule is CC(C)(C)c1cc(Oc2ccc(O)c3c4nc5nc(nc6[nH]c(nc7nc(nc([nH]4)c23)-c2ccccc2-7)c2ccccc62)-c2ccccc2-5)c(C(C)(C)C)cc1OCCOCCOCCO. The lowest BCUT2D eigenvalue weighted by Crippen LogP contribution is -2.19. The molecule has 8 aromatic rings.